The molecule has 0 aliphatic carbocycles. The lowest BCUT2D eigenvalue weighted by Gasteiger charge is -2.40. The van der Waals surface area contributed by atoms with E-state index in [1.807, 2.05) is 24.3 Å². The molecular weight excluding hydrogens is 224 g/mol. The monoisotopic (exact) mass is 248 g/mol. The largest absolute Gasteiger partial charge is 0.490 e. The molecule has 0 bridgehead atoms. The zero-order chi connectivity index (χ0) is 13.2. The molecule has 1 fully saturated rings. The smallest absolute Gasteiger partial charge is 0.121 e. The molecule has 0 unspecified atom stereocenters. The Morgan fingerprint density at radius 3 is 2.44 bits per heavy atom. The number of piperidine rings is 1. The van der Waals surface area contributed by atoms with E-state index in [-0.39, 0.29) is 5.54 Å². The third kappa shape index (κ3) is 3.39. The Morgan fingerprint density at radius 2 is 1.89 bits per heavy atom. The molecule has 1 heterocycles. The second-order valence-electron chi connectivity index (χ2n) is 6.05. The van der Waals surface area contributed by atoms with E-state index >= 15 is 0 Å². The van der Waals surface area contributed by atoms with Gasteiger partial charge in [0, 0.05) is 30.4 Å². The van der Waals surface area contributed by atoms with Crippen LogP contribution < -0.4 is 10.5 Å². The van der Waals surface area contributed by atoms with E-state index in [9.17, 15) is 0 Å². The maximum absolute atomic E-state index is 5.99. The summed E-state index contributed by atoms with van der Waals surface area (Å²) in [4.78, 5) is 2.52. The molecule has 0 aromatic heterocycles. The summed E-state index contributed by atoms with van der Waals surface area (Å²) in [6.45, 7) is 9.02. The predicted molar refractivity (Wildman–Crippen MR) is 75.8 cm³/mol. The number of benzene rings is 1. The van der Waals surface area contributed by atoms with Crippen LogP contribution in [0.4, 0.5) is 5.69 Å². The first-order chi connectivity index (χ1) is 8.45. The molecule has 1 aliphatic rings. The van der Waals surface area contributed by atoms with Gasteiger partial charge in [0.1, 0.15) is 11.9 Å². The van der Waals surface area contributed by atoms with Crippen LogP contribution in [0.3, 0.4) is 0 Å². The van der Waals surface area contributed by atoms with Gasteiger partial charge in [0.05, 0.1) is 0 Å². The summed E-state index contributed by atoms with van der Waals surface area (Å²) >= 11 is 0. The molecule has 0 saturated carbocycles. The van der Waals surface area contributed by atoms with Gasteiger partial charge in [0.25, 0.3) is 0 Å². The van der Waals surface area contributed by atoms with E-state index in [1.165, 1.54) is 0 Å². The molecule has 1 aromatic rings. The molecule has 0 amide bonds. The average Bonchev–Trinajstić information content (AvgIpc) is 2.28. The van der Waals surface area contributed by atoms with Gasteiger partial charge in [0.2, 0.25) is 0 Å². The molecule has 0 spiro atoms. The lowest BCUT2D eigenvalue weighted by atomic mass is 9.99. The lowest BCUT2D eigenvalue weighted by molar-refractivity contribution is 0.0492. The molecule has 0 radical (unpaired) electrons. The number of nitrogens with zero attached hydrogens (tertiary/aromatic N) is 1. The van der Waals surface area contributed by atoms with Crippen molar-refractivity contribution in [3.63, 3.8) is 0 Å². The number of nitrogen functional groups attached to an aromatic ring is 1. The van der Waals surface area contributed by atoms with Crippen molar-refractivity contribution in [3.05, 3.63) is 24.3 Å². The Morgan fingerprint density at radius 1 is 1.22 bits per heavy atom. The number of ether oxygens (including phenoxy) is 1. The summed E-state index contributed by atoms with van der Waals surface area (Å²) in [5, 5.41) is 0. The third-order valence-corrected chi connectivity index (χ3v) is 3.55. The minimum absolute atomic E-state index is 0.266. The summed E-state index contributed by atoms with van der Waals surface area (Å²) < 4.78 is 5.99. The van der Waals surface area contributed by atoms with Crippen molar-refractivity contribution in [1.29, 1.82) is 0 Å². The molecular formula is C15H24N2O. The topological polar surface area (TPSA) is 38.5 Å². The van der Waals surface area contributed by atoms with Gasteiger partial charge in [-0.1, -0.05) is 6.07 Å². The second kappa shape index (κ2) is 5.19. The highest BCUT2D eigenvalue weighted by Gasteiger charge is 2.27. The normalized spacial score (nSPS) is 18.8. The van der Waals surface area contributed by atoms with Crippen molar-refractivity contribution in [2.75, 3.05) is 18.8 Å². The molecule has 18 heavy (non-hydrogen) atoms. The van der Waals surface area contributed by atoms with E-state index in [0.29, 0.717) is 6.10 Å². The van der Waals surface area contributed by atoms with Gasteiger partial charge < -0.3 is 10.5 Å². The third-order valence-electron chi connectivity index (χ3n) is 3.55. The quantitative estimate of drug-likeness (QED) is 0.818. The van der Waals surface area contributed by atoms with Crippen molar-refractivity contribution in [2.45, 2.75) is 45.3 Å². The van der Waals surface area contributed by atoms with Crippen molar-refractivity contribution >= 4 is 5.69 Å². The van der Waals surface area contributed by atoms with Crippen LogP contribution in [0, 0.1) is 0 Å². The molecule has 3 heteroatoms. The molecule has 2 rings (SSSR count). The second-order valence-corrected chi connectivity index (χ2v) is 6.05. The Kier molecular flexibility index (Phi) is 3.81. The predicted octanol–water partition coefficient (Wildman–Crippen LogP) is 2.91. The summed E-state index contributed by atoms with van der Waals surface area (Å²) in [5.74, 6) is 0.893. The average molecular weight is 248 g/mol. The van der Waals surface area contributed by atoms with Crippen molar-refractivity contribution < 1.29 is 4.74 Å². The zero-order valence-corrected chi connectivity index (χ0v) is 11.6. The van der Waals surface area contributed by atoms with Gasteiger partial charge in [-0.2, -0.15) is 0 Å². The fraction of sp³-hybridized carbons (Fsp3) is 0.600. The van der Waals surface area contributed by atoms with Crippen LogP contribution in [-0.4, -0.2) is 29.6 Å². The van der Waals surface area contributed by atoms with Crippen LogP contribution in [0.15, 0.2) is 24.3 Å². The standard InChI is InChI=1S/C15H24N2O/c1-15(2,3)17-9-7-13(8-10-17)18-14-6-4-5-12(16)11-14/h4-6,11,13H,7-10,16H2,1-3H3. The summed E-state index contributed by atoms with van der Waals surface area (Å²) in [6.07, 6.45) is 2.50. The number of rotatable bonds is 2. The first-order valence-electron chi connectivity index (χ1n) is 6.72. The van der Waals surface area contributed by atoms with E-state index in [2.05, 4.69) is 25.7 Å². The maximum atomic E-state index is 5.99. The maximum Gasteiger partial charge on any atom is 0.121 e. The summed E-state index contributed by atoms with van der Waals surface area (Å²) in [7, 11) is 0. The number of nitrogens with two attached hydrogens (primary N) is 1. The number of hydrogen-bond acceptors (Lipinski definition) is 3. The molecule has 1 aliphatic heterocycles. The number of likely N-dealkylation sites (tertiary alicyclic amines) is 1. The fourth-order valence-electron chi connectivity index (χ4n) is 2.42. The molecule has 1 saturated heterocycles. The summed E-state index contributed by atoms with van der Waals surface area (Å²) in [5.41, 5.74) is 6.78. The highest BCUT2D eigenvalue weighted by Crippen LogP contribution is 2.24. The van der Waals surface area contributed by atoms with Crippen LogP contribution >= 0.6 is 0 Å². The van der Waals surface area contributed by atoms with Crippen LogP contribution in [0.1, 0.15) is 33.6 Å². The Labute approximate surface area is 110 Å². The molecule has 2 N–H and O–H groups in total. The van der Waals surface area contributed by atoms with Crippen molar-refractivity contribution in [2.24, 2.45) is 0 Å². The van der Waals surface area contributed by atoms with Crippen LogP contribution in [-0.2, 0) is 0 Å². The minimum atomic E-state index is 0.266. The minimum Gasteiger partial charge on any atom is -0.490 e. The molecule has 0 atom stereocenters. The molecule has 3 nitrogen and oxygen atoms in total. The van der Waals surface area contributed by atoms with Crippen molar-refractivity contribution in [3.8, 4) is 5.75 Å². The van der Waals surface area contributed by atoms with E-state index < -0.39 is 0 Å². The first-order valence-corrected chi connectivity index (χ1v) is 6.72. The highest BCUT2D eigenvalue weighted by molar-refractivity contribution is 5.43. The highest BCUT2D eigenvalue weighted by atomic mass is 16.5. The van der Waals surface area contributed by atoms with Crippen LogP contribution in [0.5, 0.6) is 5.75 Å². The Bertz CT molecular complexity index is 390. The van der Waals surface area contributed by atoms with Gasteiger partial charge in [-0.15, -0.1) is 0 Å². The van der Waals surface area contributed by atoms with Gasteiger partial charge in [-0.3, -0.25) is 4.90 Å². The molecule has 1 aromatic carbocycles. The summed E-state index contributed by atoms with van der Waals surface area (Å²) in [6, 6.07) is 7.70. The first kappa shape index (κ1) is 13.2. The van der Waals surface area contributed by atoms with E-state index in [0.717, 1.165) is 37.4 Å². The lowest BCUT2D eigenvalue weighted by Crippen LogP contribution is -2.48. The van der Waals surface area contributed by atoms with E-state index in [1.54, 1.807) is 0 Å². The fourth-order valence-corrected chi connectivity index (χ4v) is 2.42. The van der Waals surface area contributed by atoms with Crippen molar-refractivity contribution in [1.82, 2.24) is 4.90 Å². The SMILES string of the molecule is CC(C)(C)N1CCC(Oc2cccc(N)c2)CC1. The van der Waals surface area contributed by atoms with Gasteiger partial charge in [-0.25, -0.2) is 0 Å². The van der Waals surface area contributed by atoms with Gasteiger partial charge >= 0.3 is 0 Å². The number of hydrogen-bond donors (Lipinski definition) is 1. The van der Waals surface area contributed by atoms with E-state index in [4.69, 9.17) is 10.5 Å². The zero-order valence-electron chi connectivity index (χ0n) is 11.6. The van der Waals surface area contributed by atoms with Crippen LogP contribution in [0.25, 0.3) is 0 Å². The van der Waals surface area contributed by atoms with Gasteiger partial charge in [-0.05, 0) is 45.7 Å². The molecule has 100 valence electrons. The van der Waals surface area contributed by atoms with Gasteiger partial charge in [0.15, 0.2) is 0 Å². The Balaban J connectivity index is 1.87. The number of anilines is 1. The Hall–Kier alpha value is -1.22. The van der Waals surface area contributed by atoms with Crippen LogP contribution in [0.2, 0.25) is 0 Å².